The largest absolute Gasteiger partial charge is 0.457 e. The average molecular weight is 199 g/mol. The highest BCUT2D eigenvalue weighted by atomic mass is 16.5. The van der Waals surface area contributed by atoms with Crippen molar-refractivity contribution in [3.63, 3.8) is 0 Å². The zero-order chi connectivity index (χ0) is 10.5. The van der Waals surface area contributed by atoms with Crippen LogP contribution >= 0.6 is 0 Å². The van der Waals surface area contributed by atoms with E-state index in [1.165, 1.54) is 0 Å². The van der Waals surface area contributed by atoms with Crippen LogP contribution in [-0.2, 0) is 0 Å². The fourth-order valence-electron chi connectivity index (χ4n) is 1.28. The van der Waals surface area contributed by atoms with Crippen LogP contribution in [0.2, 0.25) is 0 Å². The molecule has 0 heterocycles. The Kier molecular flexibility index (Phi) is 3.00. The van der Waals surface area contributed by atoms with Crippen molar-refractivity contribution in [2.45, 2.75) is 0 Å². The van der Waals surface area contributed by atoms with Gasteiger partial charge < -0.3 is 9.84 Å². The number of hydrogen-bond acceptors (Lipinski definition) is 2. The standard InChI is InChI=1S/C13H11O2/c14-10-11-5-4-8-13(9-11)15-12-6-2-1-3-7-12/h1-10,14H. The number of benzene rings is 2. The SMILES string of the molecule is O[CH]c1cccc(Oc2ccccc2)c1. The van der Waals surface area contributed by atoms with Crippen molar-refractivity contribution in [2.24, 2.45) is 0 Å². The molecule has 1 radical (unpaired) electrons. The first-order chi connectivity index (χ1) is 7.38. The van der Waals surface area contributed by atoms with Crippen LogP contribution in [0.15, 0.2) is 54.6 Å². The summed E-state index contributed by atoms with van der Waals surface area (Å²) in [5.41, 5.74) is 0.725. The van der Waals surface area contributed by atoms with Gasteiger partial charge in [-0.2, -0.15) is 0 Å². The van der Waals surface area contributed by atoms with Crippen LogP contribution in [-0.4, -0.2) is 5.11 Å². The molecule has 0 aliphatic rings. The predicted molar refractivity (Wildman–Crippen MR) is 58.3 cm³/mol. The second kappa shape index (κ2) is 4.62. The van der Waals surface area contributed by atoms with Crippen molar-refractivity contribution in [1.29, 1.82) is 0 Å². The lowest BCUT2D eigenvalue weighted by atomic mass is 10.2. The fourth-order valence-corrected chi connectivity index (χ4v) is 1.28. The van der Waals surface area contributed by atoms with Crippen molar-refractivity contribution in [1.82, 2.24) is 0 Å². The van der Waals surface area contributed by atoms with Crippen LogP contribution in [0.4, 0.5) is 0 Å². The van der Waals surface area contributed by atoms with Gasteiger partial charge in [-0.05, 0) is 29.8 Å². The normalized spacial score (nSPS) is 9.93. The van der Waals surface area contributed by atoms with E-state index in [1.807, 2.05) is 42.5 Å². The molecule has 0 aromatic heterocycles. The Morgan fingerprint density at radius 1 is 0.867 bits per heavy atom. The van der Waals surface area contributed by atoms with E-state index in [2.05, 4.69) is 0 Å². The number of hydrogen-bond donors (Lipinski definition) is 1. The van der Waals surface area contributed by atoms with Gasteiger partial charge in [-0.25, -0.2) is 0 Å². The molecule has 1 N–H and O–H groups in total. The number of aliphatic hydroxyl groups excluding tert-OH is 1. The molecule has 2 aromatic rings. The van der Waals surface area contributed by atoms with E-state index in [-0.39, 0.29) is 0 Å². The van der Waals surface area contributed by atoms with Gasteiger partial charge in [0, 0.05) is 0 Å². The summed E-state index contributed by atoms with van der Waals surface area (Å²) in [7, 11) is 0. The Bertz CT molecular complexity index is 424. The third-order valence-electron chi connectivity index (χ3n) is 1.99. The highest BCUT2D eigenvalue weighted by Crippen LogP contribution is 2.21. The molecule has 2 rings (SSSR count). The minimum Gasteiger partial charge on any atom is -0.457 e. The van der Waals surface area contributed by atoms with Crippen LogP contribution < -0.4 is 4.74 Å². The van der Waals surface area contributed by atoms with E-state index >= 15 is 0 Å². The Hall–Kier alpha value is -1.80. The molecule has 0 unspecified atom stereocenters. The Morgan fingerprint density at radius 2 is 1.60 bits per heavy atom. The van der Waals surface area contributed by atoms with Gasteiger partial charge in [0.15, 0.2) is 0 Å². The summed E-state index contributed by atoms with van der Waals surface area (Å²) in [4.78, 5) is 0. The van der Waals surface area contributed by atoms with E-state index in [1.54, 1.807) is 12.1 Å². The first-order valence-electron chi connectivity index (χ1n) is 4.69. The first-order valence-corrected chi connectivity index (χ1v) is 4.69. The topological polar surface area (TPSA) is 29.5 Å². The number of ether oxygens (including phenoxy) is 1. The average Bonchev–Trinajstić information content (AvgIpc) is 2.31. The molecule has 0 fully saturated rings. The van der Waals surface area contributed by atoms with E-state index in [0.717, 1.165) is 17.9 Å². The molecule has 0 atom stereocenters. The maximum absolute atomic E-state index is 8.85. The molecule has 75 valence electrons. The minimum absolute atomic E-state index is 0.712. The van der Waals surface area contributed by atoms with E-state index in [0.29, 0.717) is 5.75 Å². The van der Waals surface area contributed by atoms with Crippen LogP contribution in [0.3, 0.4) is 0 Å². The van der Waals surface area contributed by atoms with E-state index in [9.17, 15) is 0 Å². The summed E-state index contributed by atoms with van der Waals surface area (Å²) in [5.74, 6) is 1.50. The Balaban J connectivity index is 2.17. The Labute approximate surface area is 88.8 Å². The monoisotopic (exact) mass is 199 g/mol. The second-order valence-electron chi connectivity index (χ2n) is 3.12. The van der Waals surface area contributed by atoms with Crippen LogP contribution in [0.5, 0.6) is 11.5 Å². The minimum atomic E-state index is 0.712. The molecule has 0 amide bonds. The highest BCUT2D eigenvalue weighted by Gasteiger charge is 1.97. The zero-order valence-electron chi connectivity index (χ0n) is 8.13. The Morgan fingerprint density at radius 3 is 2.33 bits per heavy atom. The second-order valence-corrected chi connectivity index (χ2v) is 3.12. The molecule has 0 aliphatic heterocycles. The molecule has 0 aliphatic carbocycles. The molecule has 0 saturated heterocycles. The van der Waals surface area contributed by atoms with Gasteiger partial charge in [-0.15, -0.1) is 0 Å². The van der Waals surface area contributed by atoms with Gasteiger partial charge in [0.2, 0.25) is 0 Å². The van der Waals surface area contributed by atoms with Crippen molar-refractivity contribution in [3.05, 3.63) is 66.8 Å². The molecule has 0 saturated carbocycles. The summed E-state index contributed by atoms with van der Waals surface area (Å²) < 4.78 is 5.59. The molecule has 0 bridgehead atoms. The van der Waals surface area contributed by atoms with Crippen LogP contribution in [0.1, 0.15) is 5.56 Å². The molecule has 2 aromatic carbocycles. The van der Waals surface area contributed by atoms with Crippen molar-refractivity contribution in [2.75, 3.05) is 0 Å². The molecule has 2 heteroatoms. The van der Waals surface area contributed by atoms with Gasteiger partial charge >= 0.3 is 0 Å². The smallest absolute Gasteiger partial charge is 0.127 e. The summed E-state index contributed by atoms with van der Waals surface area (Å²) >= 11 is 0. The summed E-state index contributed by atoms with van der Waals surface area (Å²) in [5, 5.41) is 8.85. The summed E-state index contributed by atoms with van der Waals surface area (Å²) in [6.45, 7) is 1.05. The quantitative estimate of drug-likeness (QED) is 0.821. The summed E-state index contributed by atoms with van der Waals surface area (Å²) in [6, 6.07) is 16.8. The van der Waals surface area contributed by atoms with Crippen molar-refractivity contribution >= 4 is 0 Å². The van der Waals surface area contributed by atoms with Gasteiger partial charge in [0.25, 0.3) is 0 Å². The molecule has 2 nitrogen and oxygen atoms in total. The van der Waals surface area contributed by atoms with Gasteiger partial charge in [-0.1, -0.05) is 30.3 Å². The lowest BCUT2D eigenvalue weighted by Gasteiger charge is -2.05. The molecular weight excluding hydrogens is 188 g/mol. The maximum atomic E-state index is 8.85. The van der Waals surface area contributed by atoms with Gasteiger partial charge in [0.1, 0.15) is 18.1 Å². The van der Waals surface area contributed by atoms with E-state index < -0.39 is 0 Å². The summed E-state index contributed by atoms with van der Waals surface area (Å²) in [6.07, 6.45) is 0. The molecule has 0 spiro atoms. The fraction of sp³-hybridized carbons (Fsp3) is 0. The third-order valence-corrected chi connectivity index (χ3v) is 1.99. The third kappa shape index (κ3) is 2.58. The van der Waals surface area contributed by atoms with Crippen LogP contribution in [0, 0.1) is 6.61 Å². The number of para-hydroxylation sites is 1. The lowest BCUT2D eigenvalue weighted by Crippen LogP contribution is -1.85. The lowest BCUT2D eigenvalue weighted by molar-refractivity contribution is 0.413. The van der Waals surface area contributed by atoms with Crippen molar-refractivity contribution in [3.8, 4) is 11.5 Å². The number of aliphatic hydroxyl groups is 1. The van der Waals surface area contributed by atoms with Crippen molar-refractivity contribution < 1.29 is 9.84 Å². The molecular formula is C13H11O2. The maximum Gasteiger partial charge on any atom is 0.127 e. The first kappa shape index (κ1) is 9.74. The zero-order valence-corrected chi connectivity index (χ0v) is 8.13. The predicted octanol–water partition coefficient (Wildman–Crippen LogP) is 3.36. The van der Waals surface area contributed by atoms with Gasteiger partial charge in [-0.3, -0.25) is 0 Å². The van der Waals surface area contributed by atoms with E-state index in [4.69, 9.17) is 9.84 Å². The number of rotatable bonds is 3. The highest BCUT2D eigenvalue weighted by molar-refractivity contribution is 5.35. The van der Waals surface area contributed by atoms with Gasteiger partial charge in [0.05, 0.1) is 0 Å². The molecule has 15 heavy (non-hydrogen) atoms. The van der Waals surface area contributed by atoms with Crippen LogP contribution in [0.25, 0.3) is 0 Å².